The molecule has 0 aromatic carbocycles. The lowest BCUT2D eigenvalue weighted by atomic mass is 10.3. The van der Waals surface area contributed by atoms with Crippen molar-refractivity contribution in [3.8, 4) is 0 Å². The van der Waals surface area contributed by atoms with Crippen LogP contribution in [0, 0.1) is 0 Å². The maximum Gasteiger partial charge on any atom is 0.179 e. The Hall–Kier alpha value is -1.44. The smallest absolute Gasteiger partial charge is 0.179 e. The Labute approximate surface area is 147 Å². The van der Waals surface area contributed by atoms with E-state index in [2.05, 4.69) is 33.8 Å². The van der Waals surface area contributed by atoms with Crippen molar-refractivity contribution in [3.05, 3.63) is 40.2 Å². The second-order valence-corrected chi connectivity index (χ2v) is 9.32. The Morgan fingerprint density at radius 2 is 1.83 bits per heavy atom. The summed E-state index contributed by atoms with van der Waals surface area (Å²) >= 11 is 1.88. The lowest BCUT2D eigenvalue weighted by Crippen LogP contribution is -2.46. The van der Waals surface area contributed by atoms with Crippen molar-refractivity contribution in [1.29, 1.82) is 0 Å². The van der Waals surface area contributed by atoms with Gasteiger partial charge in [-0.3, -0.25) is 4.90 Å². The van der Waals surface area contributed by atoms with Crippen molar-refractivity contribution in [1.82, 2.24) is 9.88 Å². The van der Waals surface area contributed by atoms with Gasteiger partial charge in [-0.2, -0.15) is 0 Å². The quantitative estimate of drug-likeness (QED) is 0.815. The van der Waals surface area contributed by atoms with E-state index in [-0.39, 0.29) is 0 Å². The number of nitrogens with zero attached hydrogens (tertiary/aromatic N) is 3. The van der Waals surface area contributed by atoms with Crippen LogP contribution in [0.3, 0.4) is 0 Å². The van der Waals surface area contributed by atoms with Crippen LogP contribution in [0.15, 0.2) is 35.4 Å². The summed E-state index contributed by atoms with van der Waals surface area (Å²) in [5.41, 5.74) is 0. The summed E-state index contributed by atoms with van der Waals surface area (Å²) in [5, 5.41) is 0. The van der Waals surface area contributed by atoms with Crippen LogP contribution in [0.2, 0.25) is 0 Å². The van der Waals surface area contributed by atoms with Gasteiger partial charge < -0.3 is 4.90 Å². The molecule has 5 nitrogen and oxygen atoms in total. The molecule has 0 unspecified atom stereocenters. The fourth-order valence-electron chi connectivity index (χ4n) is 2.94. The molecule has 3 rings (SSSR count). The molecular weight excluding hydrogens is 342 g/mol. The van der Waals surface area contributed by atoms with Crippen molar-refractivity contribution in [2.24, 2.45) is 0 Å². The average molecular weight is 366 g/mol. The van der Waals surface area contributed by atoms with E-state index in [4.69, 9.17) is 0 Å². The van der Waals surface area contributed by atoms with Gasteiger partial charge in [0, 0.05) is 54.9 Å². The highest BCUT2D eigenvalue weighted by Gasteiger charge is 2.23. The van der Waals surface area contributed by atoms with Crippen LogP contribution >= 0.6 is 11.3 Å². The molecule has 1 fully saturated rings. The number of hydrogen-bond donors (Lipinski definition) is 0. The summed E-state index contributed by atoms with van der Waals surface area (Å²) in [6.07, 6.45) is 3.99. The molecule has 3 heterocycles. The molecule has 0 N–H and O–H groups in total. The molecule has 0 radical (unpaired) electrons. The maximum atomic E-state index is 12.0. The van der Waals surface area contributed by atoms with Crippen LogP contribution < -0.4 is 4.90 Å². The number of aromatic nitrogens is 1. The highest BCUT2D eigenvalue weighted by atomic mass is 32.2. The first kappa shape index (κ1) is 17.4. The molecule has 0 atom stereocenters. The number of piperazine rings is 1. The van der Waals surface area contributed by atoms with Gasteiger partial charge in [-0.25, -0.2) is 13.4 Å². The Balaban J connectivity index is 1.65. The van der Waals surface area contributed by atoms with Gasteiger partial charge in [0.05, 0.1) is 0 Å². The monoisotopic (exact) mass is 365 g/mol. The summed E-state index contributed by atoms with van der Waals surface area (Å²) < 4.78 is 23.9. The lowest BCUT2D eigenvalue weighted by Gasteiger charge is -2.35. The fraction of sp³-hybridized carbons (Fsp3) is 0.471. The number of rotatable bonds is 5. The van der Waals surface area contributed by atoms with Gasteiger partial charge in [0.2, 0.25) is 0 Å². The van der Waals surface area contributed by atoms with E-state index in [9.17, 15) is 8.42 Å². The third-order valence-electron chi connectivity index (χ3n) is 4.27. The number of anilines is 1. The van der Waals surface area contributed by atoms with Crippen LogP contribution in [0.5, 0.6) is 0 Å². The lowest BCUT2D eigenvalue weighted by molar-refractivity contribution is 0.251. The average Bonchev–Trinajstić information content (AvgIpc) is 3.02. The van der Waals surface area contributed by atoms with Gasteiger partial charge in [-0.05, 0) is 30.7 Å². The van der Waals surface area contributed by atoms with E-state index >= 15 is 0 Å². The van der Waals surface area contributed by atoms with E-state index in [0.29, 0.717) is 10.7 Å². The van der Waals surface area contributed by atoms with E-state index in [1.165, 1.54) is 16.0 Å². The number of thiophene rings is 1. The molecule has 7 heteroatoms. The van der Waals surface area contributed by atoms with Crippen LogP contribution in [0.25, 0.3) is 0 Å². The van der Waals surface area contributed by atoms with Gasteiger partial charge >= 0.3 is 0 Å². The molecule has 0 amide bonds. The number of pyridine rings is 1. The number of aryl methyl sites for hydroxylation is 1. The SMILES string of the molecule is CCc1ccc(CN2CCN(c3ncccc3S(C)(=O)=O)CC2)s1. The minimum absolute atomic E-state index is 0.323. The third kappa shape index (κ3) is 3.96. The highest BCUT2D eigenvalue weighted by molar-refractivity contribution is 7.90. The van der Waals surface area contributed by atoms with Crippen molar-refractivity contribution in [3.63, 3.8) is 0 Å². The molecule has 1 saturated heterocycles. The molecular formula is C17H23N3O2S2. The minimum Gasteiger partial charge on any atom is -0.353 e. The second kappa shape index (κ2) is 7.21. The summed E-state index contributed by atoms with van der Waals surface area (Å²) in [7, 11) is -3.26. The zero-order valence-corrected chi connectivity index (χ0v) is 15.7. The van der Waals surface area contributed by atoms with Crippen LogP contribution in [-0.2, 0) is 22.8 Å². The van der Waals surface area contributed by atoms with Crippen molar-refractivity contribution in [2.45, 2.75) is 24.8 Å². The molecule has 2 aromatic rings. The Bertz CT molecular complexity index is 794. The molecule has 24 heavy (non-hydrogen) atoms. The largest absolute Gasteiger partial charge is 0.353 e. The summed E-state index contributed by atoms with van der Waals surface area (Å²) in [4.78, 5) is 12.0. The zero-order valence-electron chi connectivity index (χ0n) is 14.1. The van der Waals surface area contributed by atoms with Gasteiger partial charge in [0.1, 0.15) is 10.7 Å². The maximum absolute atomic E-state index is 12.0. The molecule has 0 saturated carbocycles. The van der Waals surface area contributed by atoms with Gasteiger partial charge in [-0.1, -0.05) is 6.92 Å². The first-order chi connectivity index (χ1) is 11.5. The third-order valence-corrected chi connectivity index (χ3v) is 6.60. The highest BCUT2D eigenvalue weighted by Crippen LogP contribution is 2.24. The Morgan fingerprint density at radius 1 is 1.12 bits per heavy atom. The summed E-state index contributed by atoms with van der Waals surface area (Å²) in [6.45, 7) is 6.58. The minimum atomic E-state index is -3.26. The summed E-state index contributed by atoms with van der Waals surface area (Å²) in [5.74, 6) is 0.587. The predicted molar refractivity (Wildman–Crippen MR) is 98.5 cm³/mol. The van der Waals surface area contributed by atoms with Gasteiger partial charge in [-0.15, -0.1) is 11.3 Å². The topological polar surface area (TPSA) is 53.5 Å². The van der Waals surface area contributed by atoms with Crippen molar-refractivity contribution < 1.29 is 8.42 Å². The molecule has 0 bridgehead atoms. The van der Waals surface area contributed by atoms with Crippen LogP contribution in [-0.4, -0.2) is 50.7 Å². The fourth-order valence-corrected chi connectivity index (χ4v) is 4.78. The predicted octanol–water partition coefficient (Wildman–Crippen LogP) is 2.43. The molecule has 0 spiro atoms. The zero-order chi connectivity index (χ0) is 17.2. The van der Waals surface area contributed by atoms with Crippen LogP contribution in [0.1, 0.15) is 16.7 Å². The normalized spacial score (nSPS) is 16.5. The standard InChI is InChI=1S/C17H23N3O2S2/c1-3-14-6-7-15(23-14)13-19-9-11-20(12-10-19)17-16(24(2,21)22)5-4-8-18-17/h4-8H,3,9-13H2,1-2H3. The first-order valence-corrected chi connectivity index (χ1v) is 10.9. The molecule has 2 aromatic heterocycles. The van der Waals surface area contributed by atoms with Gasteiger partial charge in [0.25, 0.3) is 0 Å². The summed E-state index contributed by atoms with van der Waals surface area (Å²) in [6, 6.07) is 7.75. The molecule has 1 aliphatic heterocycles. The molecule has 1 aliphatic rings. The Morgan fingerprint density at radius 3 is 2.46 bits per heavy atom. The first-order valence-electron chi connectivity index (χ1n) is 8.17. The van der Waals surface area contributed by atoms with Crippen LogP contribution in [0.4, 0.5) is 5.82 Å². The number of sulfone groups is 1. The molecule has 130 valence electrons. The molecule has 0 aliphatic carbocycles. The van der Waals surface area contributed by atoms with E-state index in [1.807, 2.05) is 11.3 Å². The Kier molecular flexibility index (Phi) is 5.22. The number of hydrogen-bond acceptors (Lipinski definition) is 6. The van der Waals surface area contributed by atoms with Crippen molar-refractivity contribution in [2.75, 3.05) is 37.3 Å². The van der Waals surface area contributed by atoms with Crippen molar-refractivity contribution >= 4 is 27.0 Å². The van der Waals surface area contributed by atoms with E-state index in [0.717, 1.165) is 39.1 Å². The van der Waals surface area contributed by atoms with Gasteiger partial charge in [0.15, 0.2) is 9.84 Å². The van der Waals surface area contributed by atoms with E-state index < -0.39 is 9.84 Å². The van der Waals surface area contributed by atoms with E-state index in [1.54, 1.807) is 18.3 Å². The second-order valence-electron chi connectivity index (χ2n) is 6.08.